The number of methoxy groups -OCH3 is 1. The van der Waals surface area contributed by atoms with Crippen LogP contribution in [0.25, 0.3) is 6.08 Å². The fraction of sp³-hybridized carbons (Fsp3) is 0.111. The molecule has 1 aliphatic rings. The Morgan fingerprint density at radius 2 is 1.89 bits per heavy atom. The highest BCUT2D eigenvalue weighted by Crippen LogP contribution is 2.35. The minimum atomic E-state index is -0.547. The summed E-state index contributed by atoms with van der Waals surface area (Å²) in [7, 11) is 1.53. The smallest absolute Gasteiger partial charge is 0.326 e. The lowest BCUT2D eigenvalue weighted by molar-refractivity contribution is -0.115. The Bertz CT molecular complexity index is 963. The molecule has 1 aliphatic heterocycles. The van der Waals surface area contributed by atoms with Gasteiger partial charge in [0.1, 0.15) is 12.3 Å². The third-order valence-corrected chi connectivity index (χ3v) is 5.19. The largest absolute Gasteiger partial charge is 0.493 e. The molecule has 0 saturated carbocycles. The van der Waals surface area contributed by atoms with E-state index in [0.29, 0.717) is 27.1 Å². The first-order valence-corrected chi connectivity index (χ1v) is 9.49. The number of urea groups is 1. The van der Waals surface area contributed by atoms with Gasteiger partial charge in [0.05, 0.1) is 20.7 Å². The predicted molar refractivity (Wildman–Crippen MR) is 111 cm³/mol. The molecule has 2 N–H and O–H groups in total. The van der Waals surface area contributed by atoms with Crippen LogP contribution in [-0.4, -0.2) is 19.0 Å². The first-order valence-electron chi connectivity index (χ1n) is 7.65. The zero-order valence-corrected chi connectivity index (χ0v) is 17.6. The molecule has 3 amide bonds. The summed E-state index contributed by atoms with van der Waals surface area (Å²) in [4.78, 5) is 22.9. The van der Waals surface area contributed by atoms with E-state index in [2.05, 4.69) is 33.2 Å². The zero-order chi connectivity index (χ0) is 19.6. The summed E-state index contributed by atoms with van der Waals surface area (Å²) in [5.41, 5.74) is 1.71. The van der Waals surface area contributed by atoms with E-state index >= 15 is 0 Å². The first kappa shape index (κ1) is 19.8. The Labute approximate surface area is 179 Å². The van der Waals surface area contributed by atoms with Crippen LogP contribution in [0.4, 0.5) is 4.79 Å². The number of hydrogen-bond acceptors (Lipinski definition) is 4. The van der Waals surface area contributed by atoms with Gasteiger partial charge in [0.2, 0.25) is 0 Å². The maximum absolute atomic E-state index is 11.7. The van der Waals surface area contributed by atoms with E-state index in [-0.39, 0.29) is 12.3 Å². The van der Waals surface area contributed by atoms with Gasteiger partial charge in [-0.15, -0.1) is 0 Å². The average molecular weight is 519 g/mol. The average Bonchev–Trinajstić information content (AvgIpc) is 2.93. The normalized spacial score (nSPS) is 14.9. The molecule has 140 valence electrons. The second kappa shape index (κ2) is 8.37. The van der Waals surface area contributed by atoms with Crippen molar-refractivity contribution in [2.45, 2.75) is 6.61 Å². The lowest BCUT2D eigenvalue weighted by atomic mass is 10.1. The second-order valence-electron chi connectivity index (χ2n) is 5.54. The first-order chi connectivity index (χ1) is 12.9. The standard InChI is InChI=1S/C18H13Cl2IN2O4/c1-26-15-7-10(6-14-17(24)23-18(25)22-14)5-13(21)16(15)27-8-9-2-3-11(19)12(20)4-9/h2-7H,8H2,1H3,(H2,22,23,24,25)/b14-6+. The number of amides is 3. The summed E-state index contributed by atoms with van der Waals surface area (Å²) in [6, 6.07) is 8.27. The van der Waals surface area contributed by atoms with Crippen LogP contribution < -0.4 is 20.1 Å². The fourth-order valence-electron chi connectivity index (χ4n) is 2.40. The molecule has 1 heterocycles. The Morgan fingerprint density at radius 1 is 1.11 bits per heavy atom. The van der Waals surface area contributed by atoms with E-state index in [1.807, 2.05) is 12.1 Å². The van der Waals surface area contributed by atoms with Crippen molar-refractivity contribution in [1.29, 1.82) is 0 Å². The number of rotatable bonds is 5. The van der Waals surface area contributed by atoms with Gasteiger partial charge in [0.15, 0.2) is 11.5 Å². The molecule has 2 aromatic carbocycles. The highest BCUT2D eigenvalue weighted by Gasteiger charge is 2.23. The van der Waals surface area contributed by atoms with Crippen LogP contribution >= 0.6 is 45.8 Å². The molecule has 0 atom stereocenters. The van der Waals surface area contributed by atoms with E-state index < -0.39 is 11.9 Å². The third-order valence-electron chi connectivity index (χ3n) is 3.65. The molecule has 0 bridgehead atoms. The minimum Gasteiger partial charge on any atom is -0.493 e. The van der Waals surface area contributed by atoms with E-state index in [9.17, 15) is 9.59 Å². The number of nitrogens with one attached hydrogen (secondary N) is 2. The van der Waals surface area contributed by atoms with Crippen molar-refractivity contribution < 1.29 is 19.1 Å². The van der Waals surface area contributed by atoms with E-state index in [0.717, 1.165) is 9.13 Å². The number of hydrogen-bond donors (Lipinski definition) is 2. The molecular weight excluding hydrogens is 506 g/mol. The Morgan fingerprint density at radius 3 is 2.52 bits per heavy atom. The van der Waals surface area contributed by atoms with Crippen molar-refractivity contribution >= 4 is 63.8 Å². The molecule has 1 fully saturated rings. The summed E-state index contributed by atoms with van der Waals surface area (Å²) in [6.07, 6.45) is 1.56. The van der Waals surface area contributed by atoms with Gasteiger partial charge in [0, 0.05) is 0 Å². The molecule has 2 aromatic rings. The van der Waals surface area contributed by atoms with Crippen LogP contribution in [0.1, 0.15) is 11.1 Å². The highest BCUT2D eigenvalue weighted by molar-refractivity contribution is 14.1. The van der Waals surface area contributed by atoms with Crippen molar-refractivity contribution in [2.75, 3.05) is 7.11 Å². The third kappa shape index (κ3) is 4.66. The van der Waals surface area contributed by atoms with Gasteiger partial charge in [-0.05, 0) is 64.1 Å². The van der Waals surface area contributed by atoms with Crippen LogP contribution in [0, 0.1) is 3.57 Å². The fourth-order valence-corrected chi connectivity index (χ4v) is 3.50. The van der Waals surface area contributed by atoms with E-state index in [4.69, 9.17) is 32.7 Å². The summed E-state index contributed by atoms with van der Waals surface area (Å²) in [6.45, 7) is 0.280. The predicted octanol–water partition coefficient (Wildman–Crippen LogP) is 4.37. The van der Waals surface area contributed by atoms with Gasteiger partial charge in [-0.3, -0.25) is 10.1 Å². The lowest BCUT2D eigenvalue weighted by Crippen LogP contribution is -2.22. The number of carbonyl (C=O) groups excluding carboxylic acids is 2. The lowest BCUT2D eigenvalue weighted by Gasteiger charge is -2.14. The second-order valence-corrected chi connectivity index (χ2v) is 7.51. The number of imide groups is 1. The maximum atomic E-state index is 11.7. The van der Waals surface area contributed by atoms with Crippen LogP contribution in [0.15, 0.2) is 36.0 Å². The van der Waals surface area contributed by atoms with Crippen molar-refractivity contribution in [3.63, 3.8) is 0 Å². The monoisotopic (exact) mass is 518 g/mol. The molecule has 1 saturated heterocycles. The summed E-state index contributed by atoms with van der Waals surface area (Å²) < 4.78 is 12.1. The van der Waals surface area contributed by atoms with Crippen molar-refractivity contribution in [1.82, 2.24) is 10.6 Å². The summed E-state index contributed by atoms with van der Waals surface area (Å²) in [5, 5.41) is 5.53. The minimum absolute atomic E-state index is 0.169. The molecule has 3 rings (SSSR count). The van der Waals surface area contributed by atoms with E-state index in [1.165, 1.54) is 7.11 Å². The number of carbonyl (C=O) groups is 2. The quantitative estimate of drug-likeness (QED) is 0.350. The van der Waals surface area contributed by atoms with Gasteiger partial charge < -0.3 is 14.8 Å². The molecule has 27 heavy (non-hydrogen) atoms. The molecule has 9 heteroatoms. The van der Waals surface area contributed by atoms with Gasteiger partial charge in [-0.1, -0.05) is 29.3 Å². The Balaban J connectivity index is 1.84. The Kier molecular flexibility index (Phi) is 6.13. The van der Waals surface area contributed by atoms with Gasteiger partial charge in [-0.2, -0.15) is 0 Å². The molecule has 0 radical (unpaired) electrons. The van der Waals surface area contributed by atoms with Crippen molar-refractivity contribution in [2.24, 2.45) is 0 Å². The van der Waals surface area contributed by atoms with Crippen molar-refractivity contribution in [3.8, 4) is 11.5 Å². The van der Waals surface area contributed by atoms with Crippen LogP contribution in [0.5, 0.6) is 11.5 Å². The molecular formula is C18H13Cl2IN2O4. The summed E-state index contributed by atoms with van der Waals surface area (Å²) >= 11 is 14.1. The molecule has 0 aliphatic carbocycles. The number of ether oxygens (including phenoxy) is 2. The van der Waals surface area contributed by atoms with Crippen LogP contribution in [0.2, 0.25) is 10.0 Å². The van der Waals surface area contributed by atoms with Crippen LogP contribution in [-0.2, 0) is 11.4 Å². The highest BCUT2D eigenvalue weighted by atomic mass is 127. The zero-order valence-electron chi connectivity index (χ0n) is 13.9. The topological polar surface area (TPSA) is 76.7 Å². The van der Waals surface area contributed by atoms with Gasteiger partial charge >= 0.3 is 6.03 Å². The molecule has 0 spiro atoms. The maximum Gasteiger partial charge on any atom is 0.326 e. The van der Waals surface area contributed by atoms with E-state index in [1.54, 1.807) is 24.3 Å². The van der Waals surface area contributed by atoms with Gasteiger partial charge in [0.25, 0.3) is 5.91 Å². The number of benzene rings is 2. The SMILES string of the molecule is COc1cc(/C=C2/NC(=O)NC2=O)cc(I)c1OCc1ccc(Cl)c(Cl)c1. The van der Waals surface area contributed by atoms with Gasteiger partial charge in [-0.25, -0.2) is 4.79 Å². The number of halogens is 3. The molecule has 6 nitrogen and oxygen atoms in total. The summed E-state index contributed by atoms with van der Waals surface area (Å²) in [5.74, 6) is 0.582. The van der Waals surface area contributed by atoms with Crippen molar-refractivity contribution in [3.05, 3.63) is 60.8 Å². The molecule has 0 unspecified atom stereocenters. The van der Waals surface area contributed by atoms with Crippen LogP contribution in [0.3, 0.4) is 0 Å². The Hall–Kier alpha value is -1.97. The molecule has 0 aromatic heterocycles.